The number of nitrogens with zero attached hydrogens (tertiary/aromatic N) is 4. The number of carbonyl (C=O) groups excluding carboxylic acids is 1. The smallest absolute Gasteiger partial charge is 0.331 e. The van der Waals surface area contributed by atoms with Gasteiger partial charge in [0.15, 0.2) is 0 Å². The Morgan fingerprint density at radius 2 is 1.94 bits per heavy atom. The quantitative estimate of drug-likeness (QED) is 0.674. The molecule has 3 aromatic rings. The Bertz CT molecular complexity index is 1220. The van der Waals surface area contributed by atoms with E-state index in [-0.39, 0.29) is 11.4 Å². The minimum absolute atomic E-state index is 0.150. The van der Waals surface area contributed by atoms with Crippen LogP contribution in [0.25, 0.3) is 11.4 Å². The van der Waals surface area contributed by atoms with Crippen LogP contribution in [0.2, 0.25) is 0 Å². The molecule has 0 saturated carbocycles. The minimum Gasteiger partial charge on any atom is -0.339 e. The van der Waals surface area contributed by atoms with Crippen LogP contribution in [0.3, 0.4) is 0 Å². The van der Waals surface area contributed by atoms with Gasteiger partial charge >= 0.3 is 5.69 Å². The van der Waals surface area contributed by atoms with Crippen molar-refractivity contribution in [1.29, 1.82) is 0 Å². The third kappa shape index (κ3) is 4.21. The Hall–Kier alpha value is -3.49. The molecule has 0 bridgehead atoms. The zero-order valence-electron chi connectivity index (χ0n) is 17.7. The normalized spacial score (nSPS) is 13.5. The first-order chi connectivity index (χ1) is 15.0. The van der Waals surface area contributed by atoms with Gasteiger partial charge in [-0.1, -0.05) is 30.6 Å². The van der Waals surface area contributed by atoms with Crippen molar-refractivity contribution in [2.75, 3.05) is 5.32 Å². The SMILES string of the molecule is CCc1ccc(NC(=O)Cn2c(=O)c(-c3noc(C)n3)c3n(c2=O)CCCCC3)cc1. The van der Waals surface area contributed by atoms with Crippen LogP contribution in [-0.2, 0) is 30.7 Å². The minimum atomic E-state index is -0.574. The van der Waals surface area contributed by atoms with Gasteiger partial charge in [0.1, 0.15) is 12.1 Å². The number of benzene rings is 1. The number of rotatable bonds is 5. The highest BCUT2D eigenvalue weighted by molar-refractivity contribution is 5.90. The van der Waals surface area contributed by atoms with Gasteiger partial charge in [0.25, 0.3) is 5.56 Å². The van der Waals surface area contributed by atoms with E-state index in [1.54, 1.807) is 23.6 Å². The monoisotopic (exact) mass is 423 g/mol. The van der Waals surface area contributed by atoms with Crippen LogP contribution >= 0.6 is 0 Å². The number of nitrogens with one attached hydrogen (secondary N) is 1. The van der Waals surface area contributed by atoms with Gasteiger partial charge in [0.2, 0.25) is 17.6 Å². The first-order valence-electron chi connectivity index (χ1n) is 10.5. The second kappa shape index (κ2) is 8.71. The predicted molar refractivity (Wildman–Crippen MR) is 115 cm³/mol. The van der Waals surface area contributed by atoms with Crippen molar-refractivity contribution in [2.45, 2.75) is 59.0 Å². The van der Waals surface area contributed by atoms with E-state index in [0.717, 1.165) is 35.8 Å². The maximum atomic E-state index is 13.3. The molecule has 0 atom stereocenters. The Morgan fingerprint density at radius 1 is 1.16 bits per heavy atom. The number of aromatic nitrogens is 4. The van der Waals surface area contributed by atoms with E-state index in [1.165, 1.54) is 0 Å². The number of amides is 1. The Balaban J connectivity index is 1.73. The highest BCUT2D eigenvalue weighted by Crippen LogP contribution is 2.21. The maximum absolute atomic E-state index is 13.3. The number of hydrogen-bond donors (Lipinski definition) is 1. The predicted octanol–water partition coefficient (Wildman–Crippen LogP) is 2.30. The van der Waals surface area contributed by atoms with Gasteiger partial charge in [0.05, 0.1) is 0 Å². The average Bonchev–Trinajstić information content (AvgIpc) is 3.03. The molecule has 0 unspecified atom stereocenters. The molecule has 31 heavy (non-hydrogen) atoms. The molecule has 4 rings (SSSR count). The molecular weight excluding hydrogens is 398 g/mol. The van der Waals surface area contributed by atoms with Crippen molar-refractivity contribution in [1.82, 2.24) is 19.3 Å². The molecule has 9 nitrogen and oxygen atoms in total. The van der Waals surface area contributed by atoms with E-state index >= 15 is 0 Å². The van der Waals surface area contributed by atoms with Crippen molar-refractivity contribution in [3.05, 3.63) is 62.3 Å². The number of fused-ring (bicyclic) bond motifs is 1. The van der Waals surface area contributed by atoms with E-state index in [0.29, 0.717) is 30.2 Å². The average molecular weight is 423 g/mol. The fraction of sp³-hybridized carbons (Fsp3) is 0.409. The summed E-state index contributed by atoms with van der Waals surface area (Å²) in [5.74, 6) is 0.0260. The summed E-state index contributed by atoms with van der Waals surface area (Å²) in [4.78, 5) is 43.3. The van der Waals surface area contributed by atoms with E-state index in [4.69, 9.17) is 4.52 Å². The van der Waals surface area contributed by atoms with Gasteiger partial charge in [-0.05, 0) is 43.4 Å². The van der Waals surface area contributed by atoms with Gasteiger partial charge < -0.3 is 9.84 Å². The van der Waals surface area contributed by atoms with Crippen molar-refractivity contribution < 1.29 is 9.32 Å². The number of carbonyl (C=O) groups is 1. The zero-order chi connectivity index (χ0) is 22.0. The summed E-state index contributed by atoms with van der Waals surface area (Å²) in [7, 11) is 0. The number of hydrogen-bond acceptors (Lipinski definition) is 6. The Labute approximate surface area is 178 Å². The molecule has 162 valence electrons. The summed E-state index contributed by atoms with van der Waals surface area (Å²) in [5, 5.41) is 6.66. The van der Waals surface area contributed by atoms with Gasteiger partial charge in [-0.3, -0.25) is 18.7 Å². The number of aryl methyl sites for hydroxylation is 2. The summed E-state index contributed by atoms with van der Waals surface area (Å²) in [6.45, 7) is 3.78. The van der Waals surface area contributed by atoms with Crippen LogP contribution < -0.4 is 16.6 Å². The lowest BCUT2D eigenvalue weighted by Crippen LogP contribution is -2.44. The molecule has 0 fully saturated rings. The lowest BCUT2D eigenvalue weighted by Gasteiger charge is -2.16. The van der Waals surface area contributed by atoms with Gasteiger partial charge in [0, 0.05) is 24.8 Å². The first-order valence-corrected chi connectivity index (χ1v) is 10.5. The molecule has 1 amide bonds. The molecule has 0 saturated heterocycles. The molecule has 1 aliphatic heterocycles. The van der Waals surface area contributed by atoms with Crippen LogP contribution in [-0.4, -0.2) is 25.2 Å². The summed E-state index contributed by atoms with van der Waals surface area (Å²) >= 11 is 0. The summed E-state index contributed by atoms with van der Waals surface area (Å²) in [6, 6.07) is 7.46. The van der Waals surface area contributed by atoms with Gasteiger partial charge in [-0.2, -0.15) is 4.98 Å². The molecule has 1 aliphatic rings. The van der Waals surface area contributed by atoms with Gasteiger partial charge in [-0.25, -0.2) is 4.79 Å². The number of anilines is 1. The van der Waals surface area contributed by atoms with Crippen LogP contribution in [0.1, 0.15) is 43.3 Å². The summed E-state index contributed by atoms with van der Waals surface area (Å²) in [5.41, 5.74) is 1.55. The van der Waals surface area contributed by atoms with Crippen molar-refractivity contribution in [3.8, 4) is 11.4 Å². The maximum Gasteiger partial charge on any atom is 0.331 e. The van der Waals surface area contributed by atoms with E-state index in [1.807, 2.05) is 12.1 Å². The van der Waals surface area contributed by atoms with Crippen LogP contribution in [0.4, 0.5) is 5.69 Å². The molecule has 0 spiro atoms. The molecule has 2 aromatic heterocycles. The highest BCUT2D eigenvalue weighted by atomic mass is 16.5. The highest BCUT2D eigenvalue weighted by Gasteiger charge is 2.25. The van der Waals surface area contributed by atoms with Gasteiger partial charge in [-0.15, -0.1) is 0 Å². The standard InChI is InChI=1S/C22H25N5O4/c1-3-15-8-10-16(11-9-15)24-18(28)13-27-21(29)19(20-23-14(2)31-25-20)17-7-5-4-6-12-26(17)22(27)30/h8-11H,3-7,12-13H2,1-2H3,(H,24,28). The molecule has 9 heteroatoms. The third-order valence-electron chi connectivity index (χ3n) is 5.53. The van der Waals surface area contributed by atoms with Crippen LogP contribution in [0.15, 0.2) is 38.4 Å². The molecule has 1 N–H and O–H groups in total. The molecule has 0 radical (unpaired) electrons. The molecule has 3 heterocycles. The topological polar surface area (TPSA) is 112 Å². The molecular formula is C22H25N5O4. The summed E-state index contributed by atoms with van der Waals surface area (Å²) < 4.78 is 7.62. The zero-order valence-corrected chi connectivity index (χ0v) is 17.7. The van der Waals surface area contributed by atoms with E-state index < -0.39 is 23.7 Å². The van der Waals surface area contributed by atoms with Crippen LogP contribution in [0.5, 0.6) is 0 Å². The van der Waals surface area contributed by atoms with E-state index in [2.05, 4.69) is 22.4 Å². The lowest BCUT2D eigenvalue weighted by molar-refractivity contribution is -0.116. The fourth-order valence-electron chi connectivity index (χ4n) is 3.90. The third-order valence-corrected chi connectivity index (χ3v) is 5.53. The molecule has 1 aromatic carbocycles. The van der Waals surface area contributed by atoms with E-state index in [9.17, 15) is 14.4 Å². The Morgan fingerprint density at radius 3 is 2.61 bits per heavy atom. The molecule has 0 aliphatic carbocycles. The largest absolute Gasteiger partial charge is 0.339 e. The van der Waals surface area contributed by atoms with Crippen molar-refractivity contribution in [3.63, 3.8) is 0 Å². The second-order valence-electron chi connectivity index (χ2n) is 7.69. The van der Waals surface area contributed by atoms with Crippen LogP contribution in [0, 0.1) is 6.92 Å². The Kier molecular flexibility index (Phi) is 5.83. The first kappa shape index (κ1) is 20.8. The summed E-state index contributed by atoms with van der Waals surface area (Å²) in [6.07, 6.45) is 4.11. The van der Waals surface area contributed by atoms with Crippen molar-refractivity contribution >= 4 is 11.6 Å². The van der Waals surface area contributed by atoms with Crippen molar-refractivity contribution in [2.24, 2.45) is 0 Å². The fourth-order valence-corrected chi connectivity index (χ4v) is 3.90. The second-order valence-corrected chi connectivity index (χ2v) is 7.69. The lowest BCUT2D eigenvalue weighted by atomic mass is 10.1.